The van der Waals surface area contributed by atoms with Crippen LogP contribution in [0, 0.1) is 0 Å². The predicted molar refractivity (Wildman–Crippen MR) is 103 cm³/mol. The maximum atomic E-state index is 12.4. The molecule has 7 heteroatoms. The number of amides is 1. The number of hydrogen-bond donors (Lipinski definition) is 2. The van der Waals surface area contributed by atoms with Gasteiger partial charge >= 0.3 is 6.61 Å². The van der Waals surface area contributed by atoms with Crippen LogP contribution in [0.15, 0.2) is 42.5 Å². The van der Waals surface area contributed by atoms with Crippen molar-refractivity contribution in [3.8, 4) is 5.75 Å². The fourth-order valence-electron chi connectivity index (χ4n) is 3.39. The van der Waals surface area contributed by atoms with Crippen LogP contribution in [0.25, 0.3) is 0 Å². The number of nitrogens with two attached hydrogens (primary N) is 1. The fraction of sp³-hybridized carbons (Fsp3) is 0.350. The van der Waals surface area contributed by atoms with Crippen LogP contribution in [-0.2, 0) is 17.6 Å². The Morgan fingerprint density at radius 1 is 1.26 bits per heavy atom. The minimum atomic E-state index is -2.84. The van der Waals surface area contributed by atoms with Gasteiger partial charge in [0.1, 0.15) is 5.75 Å². The van der Waals surface area contributed by atoms with Gasteiger partial charge in [0.25, 0.3) is 0 Å². The van der Waals surface area contributed by atoms with Crippen LogP contribution >= 0.6 is 12.4 Å². The average Bonchev–Trinajstić information content (AvgIpc) is 2.60. The van der Waals surface area contributed by atoms with E-state index in [1.54, 1.807) is 12.1 Å². The van der Waals surface area contributed by atoms with Gasteiger partial charge in [0.2, 0.25) is 5.91 Å². The van der Waals surface area contributed by atoms with Crippen LogP contribution in [0.3, 0.4) is 0 Å². The zero-order valence-electron chi connectivity index (χ0n) is 14.8. The first-order valence-electron chi connectivity index (χ1n) is 8.73. The predicted octanol–water partition coefficient (Wildman–Crippen LogP) is 4.42. The van der Waals surface area contributed by atoms with Crippen molar-refractivity contribution >= 4 is 24.0 Å². The van der Waals surface area contributed by atoms with Gasteiger partial charge in [-0.1, -0.05) is 24.3 Å². The number of nitrogen functional groups attached to an aromatic ring is 1. The van der Waals surface area contributed by atoms with Crippen molar-refractivity contribution in [2.45, 2.75) is 44.8 Å². The van der Waals surface area contributed by atoms with E-state index in [1.807, 2.05) is 24.3 Å². The van der Waals surface area contributed by atoms with Crippen molar-refractivity contribution in [3.05, 3.63) is 59.2 Å². The van der Waals surface area contributed by atoms with Crippen LogP contribution in [0.1, 0.15) is 42.0 Å². The fourth-order valence-corrected chi connectivity index (χ4v) is 3.39. The van der Waals surface area contributed by atoms with Crippen molar-refractivity contribution in [2.24, 2.45) is 0 Å². The Balaban J connectivity index is 0.00000261. The quantitative estimate of drug-likeness (QED) is 0.710. The molecule has 0 heterocycles. The van der Waals surface area contributed by atoms with Crippen LogP contribution in [0.5, 0.6) is 5.75 Å². The highest BCUT2D eigenvalue weighted by Gasteiger charge is 2.22. The number of benzene rings is 2. The highest BCUT2D eigenvalue weighted by Crippen LogP contribution is 2.32. The molecule has 2 aromatic carbocycles. The van der Waals surface area contributed by atoms with Crippen molar-refractivity contribution < 1.29 is 18.3 Å². The molecular formula is C20H23ClF2N2O2. The van der Waals surface area contributed by atoms with Gasteiger partial charge < -0.3 is 15.8 Å². The highest BCUT2D eigenvalue weighted by molar-refractivity contribution is 5.85. The van der Waals surface area contributed by atoms with Crippen molar-refractivity contribution in [1.82, 2.24) is 5.32 Å². The van der Waals surface area contributed by atoms with Gasteiger partial charge in [0.15, 0.2) is 0 Å². The summed E-state index contributed by atoms with van der Waals surface area (Å²) < 4.78 is 29.2. The zero-order chi connectivity index (χ0) is 18.5. The van der Waals surface area contributed by atoms with Gasteiger partial charge in [-0.05, 0) is 60.6 Å². The summed E-state index contributed by atoms with van der Waals surface area (Å²) >= 11 is 0. The number of ether oxygens (including phenoxy) is 1. The number of carbonyl (C=O) groups excluding carboxylic acids is 1. The number of hydrogen-bond acceptors (Lipinski definition) is 3. The number of fused-ring (bicyclic) bond motifs is 1. The summed E-state index contributed by atoms with van der Waals surface area (Å²) in [6, 6.07) is 12.4. The summed E-state index contributed by atoms with van der Waals surface area (Å²) in [4.78, 5) is 12.3. The third kappa shape index (κ3) is 5.57. The molecule has 0 saturated heterocycles. The molecule has 146 valence electrons. The molecule has 0 fully saturated rings. The summed E-state index contributed by atoms with van der Waals surface area (Å²) in [6.45, 7) is -2.84. The second-order valence-corrected chi connectivity index (χ2v) is 6.45. The SMILES string of the molecule is Cl.Nc1ccccc1CCC(=O)NC1CCCc2cc(OC(F)F)ccc21. The van der Waals surface area contributed by atoms with E-state index in [-0.39, 0.29) is 30.1 Å². The maximum absolute atomic E-state index is 12.4. The van der Waals surface area contributed by atoms with E-state index in [0.29, 0.717) is 18.5 Å². The van der Waals surface area contributed by atoms with E-state index >= 15 is 0 Å². The van der Waals surface area contributed by atoms with E-state index in [0.717, 1.165) is 36.0 Å². The van der Waals surface area contributed by atoms with Gasteiger partial charge in [-0.3, -0.25) is 4.79 Å². The summed E-state index contributed by atoms with van der Waals surface area (Å²) in [5, 5.41) is 3.06. The Labute approximate surface area is 163 Å². The van der Waals surface area contributed by atoms with Crippen molar-refractivity contribution in [2.75, 3.05) is 5.73 Å². The first kappa shape index (κ1) is 21.0. The van der Waals surface area contributed by atoms with E-state index in [4.69, 9.17) is 5.73 Å². The van der Waals surface area contributed by atoms with Gasteiger partial charge in [-0.2, -0.15) is 8.78 Å². The topological polar surface area (TPSA) is 64.4 Å². The number of carbonyl (C=O) groups is 1. The lowest BCUT2D eigenvalue weighted by atomic mass is 9.87. The second-order valence-electron chi connectivity index (χ2n) is 6.45. The Morgan fingerprint density at radius 2 is 2.04 bits per heavy atom. The number of nitrogens with one attached hydrogen (secondary N) is 1. The molecule has 3 N–H and O–H groups in total. The van der Waals surface area contributed by atoms with Gasteiger partial charge in [-0.25, -0.2) is 0 Å². The van der Waals surface area contributed by atoms with E-state index in [1.165, 1.54) is 6.07 Å². The lowest BCUT2D eigenvalue weighted by molar-refractivity contribution is -0.121. The largest absolute Gasteiger partial charge is 0.435 e. The number of alkyl halides is 2. The third-order valence-electron chi connectivity index (χ3n) is 4.67. The molecule has 0 aromatic heterocycles. The van der Waals surface area contributed by atoms with Crippen LogP contribution < -0.4 is 15.8 Å². The van der Waals surface area contributed by atoms with E-state index < -0.39 is 6.61 Å². The minimum Gasteiger partial charge on any atom is -0.435 e. The number of para-hydroxylation sites is 1. The Hall–Kier alpha value is -2.34. The van der Waals surface area contributed by atoms with Gasteiger partial charge in [0, 0.05) is 12.1 Å². The van der Waals surface area contributed by atoms with Crippen LogP contribution in [-0.4, -0.2) is 12.5 Å². The Morgan fingerprint density at radius 3 is 2.78 bits per heavy atom. The lowest BCUT2D eigenvalue weighted by Gasteiger charge is -2.27. The molecule has 2 aromatic rings. The summed E-state index contributed by atoms with van der Waals surface area (Å²) in [5.74, 6) is 0.115. The standard InChI is InChI=1S/C20H22F2N2O2.ClH/c21-20(22)26-15-9-10-16-14(12-15)5-3-7-18(16)24-19(25)11-8-13-4-1-2-6-17(13)23;/h1-2,4,6,9-10,12,18,20H,3,5,7-8,11,23H2,(H,24,25);1H. The molecule has 0 spiro atoms. The molecule has 0 saturated carbocycles. The lowest BCUT2D eigenvalue weighted by Crippen LogP contribution is -2.31. The molecule has 4 nitrogen and oxygen atoms in total. The number of anilines is 1. The molecule has 0 aliphatic heterocycles. The Kier molecular flexibility index (Phi) is 7.42. The number of rotatable bonds is 6. The monoisotopic (exact) mass is 396 g/mol. The van der Waals surface area contributed by atoms with Crippen molar-refractivity contribution in [3.63, 3.8) is 0 Å². The maximum Gasteiger partial charge on any atom is 0.387 e. The summed E-state index contributed by atoms with van der Waals surface area (Å²) in [6.07, 6.45) is 3.46. The number of halogens is 3. The first-order chi connectivity index (χ1) is 12.5. The number of aryl methyl sites for hydroxylation is 2. The minimum absolute atomic E-state index is 0. The molecule has 3 rings (SSSR count). The van der Waals surface area contributed by atoms with Gasteiger partial charge in [0.05, 0.1) is 6.04 Å². The molecule has 27 heavy (non-hydrogen) atoms. The zero-order valence-corrected chi connectivity index (χ0v) is 15.6. The summed E-state index contributed by atoms with van der Waals surface area (Å²) in [7, 11) is 0. The molecule has 0 bridgehead atoms. The average molecular weight is 397 g/mol. The Bertz CT molecular complexity index is 786. The van der Waals surface area contributed by atoms with E-state index in [9.17, 15) is 13.6 Å². The van der Waals surface area contributed by atoms with Crippen LogP contribution in [0.4, 0.5) is 14.5 Å². The smallest absolute Gasteiger partial charge is 0.387 e. The molecule has 1 atom stereocenters. The van der Waals surface area contributed by atoms with Gasteiger partial charge in [-0.15, -0.1) is 12.4 Å². The molecule has 1 aliphatic carbocycles. The first-order valence-corrected chi connectivity index (χ1v) is 8.73. The normalized spacial score (nSPS) is 15.6. The molecule has 1 unspecified atom stereocenters. The molecular weight excluding hydrogens is 374 g/mol. The van der Waals surface area contributed by atoms with E-state index in [2.05, 4.69) is 10.1 Å². The van der Waals surface area contributed by atoms with Crippen LogP contribution in [0.2, 0.25) is 0 Å². The highest BCUT2D eigenvalue weighted by atomic mass is 35.5. The molecule has 0 radical (unpaired) electrons. The third-order valence-corrected chi connectivity index (χ3v) is 4.67. The van der Waals surface area contributed by atoms with Crippen molar-refractivity contribution in [1.29, 1.82) is 0 Å². The summed E-state index contributed by atoms with van der Waals surface area (Å²) in [5.41, 5.74) is 9.48. The molecule has 1 amide bonds. The molecule has 1 aliphatic rings. The second kappa shape index (κ2) is 9.55.